The van der Waals surface area contributed by atoms with Gasteiger partial charge in [0.15, 0.2) is 11.6 Å². The Labute approximate surface area is 158 Å². The number of fused-ring (bicyclic) bond motifs is 1. The van der Waals surface area contributed by atoms with Gasteiger partial charge in [0.25, 0.3) is 0 Å². The average molecular weight is 388 g/mol. The van der Waals surface area contributed by atoms with Crippen molar-refractivity contribution in [3.05, 3.63) is 44.8 Å². The first-order valence-electron chi connectivity index (χ1n) is 9.12. The highest BCUT2D eigenvalue weighted by molar-refractivity contribution is 6.00. The molecular formula is C19H18F2N4O3. The van der Waals surface area contributed by atoms with Crippen LogP contribution in [0.5, 0.6) is 0 Å². The summed E-state index contributed by atoms with van der Waals surface area (Å²) in [5.41, 5.74) is 5.78. The summed E-state index contributed by atoms with van der Waals surface area (Å²) >= 11 is 0. The molecule has 3 aliphatic rings. The molecule has 1 aromatic carbocycles. The fourth-order valence-corrected chi connectivity index (χ4v) is 4.25. The Kier molecular flexibility index (Phi) is 3.54. The topological polar surface area (TPSA) is 101 Å². The Morgan fingerprint density at radius 1 is 1.18 bits per heavy atom. The van der Waals surface area contributed by atoms with Gasteiger partial charge in [-0.05, 0) is 24.0 Å². The van der Waals surface area contributed by atoms with Crippen molar-refractivity contribution in [2.75, 3.05) is 36.8 Å². The summed E-state index contributed by atoms with van der Waals surface area (Å²) in [6.07, 6.45) is 2.61. The fourth-order valence-electron chi connectivity index (χ4n) is 4.25. The summed E-state index contributed by atoms with van der Waals surface area (Å²) in [5, 5.41) is 12.2. The van der Waals surface area contributed by atoms with Crippen LogP contribution in [0.1, 0.15) is 29.2 Å². The third-order valence-electron chi connectivity index (χ3n) is 5.79. The van der Waals surface area contributed by atoms with Crippen molar-refractivity contribution in [3.8, 4) is 0 Å². The molecule has 0 bridgehead atoms. The number of carboxylic acids is 1. The second kappa shape index (κ2) is 5.78. The predicted molar refractivity (Wildman–Crippen MR) is 99.9 cm³/mol. The number of nitrogen functional groups attached to an aromatic ring is 1. The lowest BCUT2D eigenvalue weighted by Crippen LogP contribution is -2.29. The molecule has 5 rings (SSSR count). The summed E-state index contributed by atoms with van der Waals surface area (Å²) in [7, 11) is 0. The third-order valence-corrected chi connectivity index (χ3v) is 5.79. The number of hydrogen-bond acceptors (Lipinski definition) is 5. The molecule has 3 heterocycles. The van der Waals surface area contributed by atoms with E-state index in [4.69, 9.17) is 5.73 Å². The molecule has 0 unspecified atom stereocenters. The molecule has 1 aliphatic carbocycles. The maximum Gasteiger partial charge on any atom is 0.341 e. The molecule has 4 N–H and O–H groups in total. The normalized spacial score (nSPS) is 19.0. The van der Waals surface area contributed by atoms with Crippen molar-refractivity contribution < 1.29 is 18.7 Å². The predicted octanol–water partition coefficient (Wildman–Crippen LogP) is 1.61. The van der Waals surface area contributed by atoms with Gasteiger partial charge in [-0.1, -0.05) is 0 Å². The van der Waals surface area contributed by atoms with Crippen molar-refractivity contribution in [1.29, 1.82) is 0 Å². The van der Waals surface area contributed by atoms with Crippen LogP contribution in [0.15, 0.2) is 22.1 Å². The number of nitrogens with zero attached hydrogens (tertiary/aromatic N) is 2. The van der Waals surface area contributed by atoms with E-state index in [1.165, 1.54) is 4.57 Å². The van der Waals surface area contributed by atoms with Crippen LogP contribution in [0.25, 0.3) is 10.9 Å². The van der Waals surface area contributed by atoms with Crippen LogP contribution in [0.3, 0.4) is 0 Å². The van der Waals surface area contributed by atoms with Gasteiger partial charge in [0.2, 0.25) is 5.43 Å². The number of anilines is 2. The Balaban J connectivity index is 1.78. The van der Waals surface area contributed by atoms with E-state index in [-0.39, 0.29) is 17.2 Å². The van der Waals surface area contributed by atoms with Gasteiger partial charge in [-0.15, -0.1) is 0 Å². The second-order valence-electron chi connectivity index (χ2n) is 7.60. The maximum absolute atomic E-state index is 15.6. The van der Waals surface area contributed by atoms with E-state index in [0.29, 0.717) is 26.2 Å². The molecule has 0 amide bonds. The molecule has 1 fully saturated rings. The Hall–Kier alpha value is -2.94. The molecule has 28 heavy (non-hydrogen) atoms. The van der Waals surface area contributed by atoms with Crippen molar-refractivity contribution in [3.63, 3.8) is 0 Å². The number of carboxylic acid groups (broad SMARTS) is 1. The van der Waals surface area contributed by atoms with Gasteiger partial charge in [0.1, 0.15) is 11.3 Å². The number of halogens is 2. The van der Waals surface area contributed by atoms with E-state index in [2.05, 4.69) is 5.32 Å². The summed E-state index contributed by atoms with van der Waals surface area (Å²) in [6.45, 7) is 2.16. The standard InChI is InChI=1S/C19H18F2N4O3/c20-13-15(22)12-16(25(10-1-2-10)7-11(18(12)26)19(27)28)14(21)17(13)24-5-8-3-23-4-9(8)6-24/h7,10,23H,1-6,22H2,(H,27,28). The fraction of sp³-hybridized carbons (Fsp3) is 0.368. The molecule has 2 aromatic rings. The van der Waals surface area contributed by atoms with E-state index >= 15 is 8.78 Å². The van der Waals surface area contributed by atoms with Gasteiger partial charge in [0.05, 0.1) is 16.6 Å². The zero-order valence-corrected chi connectivity index (χ0v) is 14.9. The Morgan fingerprint density at radius 3 is 2.39 bits per heavy atom. The Bertz CT molecular complexity index is 1130. The molecule has 0 atom stereocenters. The number of benzene rings is 1. The van der Waals surface area contributed by atoms with Crippen molar-refractivity contribution >= 4 is 28.2 Å². The summed E-state index contributed by atoms with van der Waals surface area (Å²) in [5.74, 6) is -3.32. The minimum atomic E-state index is -1.45. The lowest BCUT2D eigenvalue weighted by Gasteiger charge is -2.24. The molecule has 2 aliphatic heterocycles. The van der Waals surface area contributed by atoms with Gasteiger partial charge >= 0.3 is 5.97 Å². The number of hydrogen-bond donors (Lipinski definition) is 3. The SMILES string of the molecule is Nc1c(F)c(N2CC3=C(CNC3)C2)c(F)c2c1c(=O)c(C(=O)O)cn2C1CC1. The molecule has 1 aromatic heterocycles. The number of nitrogens with one attached hydrogen (secondary N) is 1. The largest absolute Gasteiger partial charge is 0.477 e. The van der Waals surface area contributed by atoms with Crippen LogP contribution in [0, 0.1) is 11.6 Å². The highest BCUT2D eigenvalue weighted by Gasteiger charge is 2.35. The summed E-state index contributed by atoms with van der Waals surface area (Å²) < 4.78 is 32.2. The van der Waals surface area contributed by atoms with E-state index in [0.717, 1.165) is 30.2 Å². The molecule has 1 saturated carbocycles. The van der Waals surface area contributed by atoms with Gasteiger partial charge in [0, 0.05) is 38.4 Å². The van der Waals surface area contributed by atoms with Crippen LogP contribution in [-0.2, 0) is 0 Å². The van der Waals surface area contributed by atoms with Crippen molar-refractivity contribution in [1.82, 2.24) is 9.88 Å². The van der Waals surface area contributed by atoms with Gasteiger partial charge < -0.3 is 25.6 Å². The zero-order valence-electron chi connectivity index (χ0n) is 14.9. The van der Waals surface area contributed by atoms with E-state index in [1.54, 1.807) is 4.90 Å². The number of nitrogens with two attached hydrogens (primary N) is 1. The summed E-state index contributed by atoms with van der Waals surface area (Å²) in [4.78, 5) is 25.7. The van der Waals surface area contributed by atoms with E-state index in [9.17, 15) is 14.7 Å². The zero-order chi connectivity index (χ0) is 19.7. The smallest absolute Gasteiger partial charge is 0.341 e. The molecule has 0 saturated heterocycles. The number of rotatable bonds is 3. The molecular weight excluding hydrogens is 370 g/mol. The third kappa shape index (κ3) is 2.29. The lowest BCUT2D eigenvalue weighted by atomic mass is 10.1. The number of pyridine rings is 1. The number of aromatic nitrogens is 1. The van der Waals surface area contributed by atoms with E-state index in [1.807, 2.05) is 0 Å². The highest BCUT2D eigenvalue weighted by atomic mass is 19.1. The molecule has 0 radical (unpaired) electrons. The van der Waals surface area contributed by atoms with Gasteiger partial charge in [-0.3, -0.25) is 4.79 Å². The molecule has 0 spiro atoms. The van der Waals surface area contributed by atoms with Crippen LogP contribution in [0.2, 0.25) is 0 Å². The molecule has 7 nitrogen and oxygen atoms in total. The van der Waals surface area contributed by atoms with Gasteiger partial charge in [-0.2, -0.15) is 0 Å². The van der Waals surface area contributed by atoms with E-state index < -0.39 is 39.7 Å². The van der Waals surface area contributed by atoms with Crippen LogP contribution in [-0.4, -0.2) is 41.8 Å². The molecule has 146 valence electrons. The summed E-state index contributed by atoms with van der Waals surface area (Å²) in [6, 6.07) is -0.126. The second-order valence-corrected chi connectivity index (χ2v) is 7.60. The quantitative estimate of drug-likeness (QED) is 0.546. The van der Waals surface area contributed by atoms with Crippen LogP contribution < -0.4 is 21.4 Å². The first-order chi connectivity index (χ1) is 13.4. The highest BCUT2D eigenvalue weighted by Crippen LogP contribution is 2.42. The minimum absolute atomic E-state index is 0.114. The van der Waals surface area contributed by atoms with Crippen molar-refractivity contribution in [2.24, 2.45) is 0 Å². The first-order valence-corrected chi connectivity index (χ1v) is 9.12. The van der Waals surface area contributed by atoms with Crippen molar-refractivity contribution in [2.45, 2.75) is 18.9 Å². The first kappa shape index (κ1) is 17.2. The maximum atomic E-state index is 15.6. The Morgan fingerprint density at radius 2 is 1.82 bits per heavy atom. The van der Waals surface area contributed by atoms with Gasteiger partial charge in [-0.25, -0.2) is 13.6 Å². The van der Waals surface area contributed by atoms with Crippen LogP contribution in [0.4, 0.5) is 20.2 Å². The van der Waals surface area contributed by atoms with Crippen LogP contribution >= 0.6 is 0 Å². The number of aromatic carboxylic acids is 1. The number of carbonyl (C=O) groups is 1. The monoisotopic (exact) mass is 388 g/mol. The lowest BCUT2D eigenvalue weighted by molar-refractivity contribution is 0.0695. The minimum Gasteiger partial charge on any atom is -0.477 e. The average Bonchev–Trinajstić information content (AvgIpc) is 3.27. The molecule has 9 heteroatoms.